The summed E-state index contributed by atoms with van der Waals surface area (Å²) in [5.74, 6) is 0.557. The highest BCUT2D eigenvalue weighted by molar-refractivity contribution is 5.85. The minimum atomic E-state index is -0.266. The Morgan fingerprint density at radius 1 is 1.06 bits per heavy atom. The van der Waals surface area contributed by atoms with Crippen molar-refractivity contribution in [2.45, 2.75) is 20.4 Å². The molecule has 6 heteroatoms. The van der Waals surface area contributed by atoms with Gasteiger partial charge in [-0.15, -0.1) is 0 Å². The highest BCUT2D eigenvalue weighted by Crippen LogP contribution is 2.36. The second-order valence-electron chi connectivity index (χ2n) is 8.19. The summed E-state index contributed by atoms with van der Waals surface area (Å²) in [6, 6.07) is 18.9. The molecule has 0 amide bonds. The number of hydrogen-bond acceptors (Lipinski definition) is 5. The van der Waals surface area contributed by atoms with Gasteiger partial charge >= 0.3 is 0 Å². The third-order valence-electron chi connectivity index (χ3n) is 6.00. The van der Waals surface area contributed by atoms with Crippen molar-refractivity contribution in [2.75, 3.05) is 18.0 Å². The van der Waals surface area contributed by atoms with Gasteiger partial charge in [-0.3, -0.25) is 4.79 Å². The molecule has 1 aromatic heterocycles. The quantitative estimate of drug-likeness (QED) is 0.484. The average molecular weight is 424 g/mol. The molecule has 0 aliphatic carbocycles. The molecule has 1 aliphatic rings. The van der Waals surface area contributed by atoms with Gasteiger partial charge in [0.15, 0.2) is 11.2 Å². The fraction of sp³-hybridized carbons (Fsp3) is 0.192. The van der Waals surface area contributed by atoms with E-state index in [0.717, 1.165) is 30.0 Å². The first-order valence-electron chi connectivity index (χ1n) is 10.8. The first kappa shape index (κ1) is 20.2. The van der Waals surface area contributed by atoms with E-state index in [9.17, 15) is 4.79 Å². The normalized spacial score (nSPS) is 12.4. The molecule has 6 nitrogen and oxygen atoms in total. The summed E-state index contributed by atoms with van der Waals surface area (Å²) in [7, 11) is 0. The molecular weight excluding hydrogens is 398 g/mol. The largest absolute Gasteiger partial charge is 0.321 e. The van der Waals surface area contributed by atoms with Crippen LogP contribution in [0.5, 0.6) is 0 Å². The molecule has 0 saturated heterocycles. The number of aromatic nitrogens is 2. The molecule has 0 spiro atoms. The Hall–Kier alpha value is -3.77. The van der Waals surface area contributed by atoms with Crippen molar-refractivity contribution in [1.82, 2.24) is 15.3 Å². The first-order valence-corrected chi connectivity index (χ1v) is 10.8. The summed E-state index contributed by atoms with van der Waals surface area (Å²) in [5, 5.41) is 6.39. The summed E-state index contributed by atoms with van der Waals surface area (Å²) < 4.78 is 0. The third kappa shape index (κ3) is 3.59. The number of rotatable bonds is 5. The van der Waals surface area contributed by atoms with Crippen LogP contribution >= 0.6 is 0 Å². The predicted molar refractivity (Wildman–Crippen MR) is 129 cm³/mol. The van der Waals surface area contributed by atoms with E-state index in [4.69, 9.17) is 0 Å². The zero-order valence-electron chi connectivity index (χ0n) is 18.3. The standard InChI is InChI=1S/C26H25N5O/c1-16-13-22-23(14-17(16)2)31(25-24(30-22)26(32)29-18(3)28-25)12-11-27-15-20-9-6-8-19-7-4-5-10-21(19)20/h4-10,13-14,27H,3,11-12,15H2,1-2H3,(H,29,32). The van der Waals surface area contributed by atoms with Crippen LogP contribution in [-0.2, 0) is 6.54 Å². The molecule has 0 radical (unpaired) electrons. The molecule has 0 bridgehead atoms. The van der Waals surface area contributed by atoms with E-state index in [1.54, 1.807) is 0 Å². The molecule has 0 unspecified atom stereocenters. The van der Waals surface area contributed by atoms with Crippen molar-refractivity contribution in [2.24, 2.45) is 4.99 Å². The summed E-state index contributed by atoms with van der Waals surface area (Å²) >= 11 is 0. The number of aryl methyl sites for hydroxylation is 2. The number of anilines is 2. The van der Waals surface area contributed by atoms with Crippen LogP contribution in [0.25, 0.3) is 17.4 Å². The summed E-state index contributed by atoms with van der Waals surface area (Å²) in [6.07, 6.45) is 0. The smallest absolute Gasteiger partial charge is 0.279 e. The van der Waals surface area contributed by atoms with Crippen molar-refractivity contribution in [1.29, 1.82) is 0 Å². The van der Waals surface area contributed by atoms with Gasteiger partial charge in [0.25, 0.3) is 5.56 Å². The summed E-state index contributed by atoms with van der Waals surface area (Å²) in [6.45, 7) is 10.1. The number of nitrogens with zero attached hydrogens (tertiary/aromatic N) is 3. The van der Waals surface area contributed by atoms with Crippen LogP contribution < -0.4 is 26.6 Å². The van der Waals surface area contributed by atoms with E-state index in [2.05, 4.69) is 94.1 Å². The highest BCUT2D eigenvalue weighted by Gasteiger charge is 2.23. The van der Waals surface area contributed by atoms with Crippen LogP contribution in [0, 0.1) is 13.8 Å². The maximum atomic E-state index is 12.6. The molecule has 0 saturated carbocycles. The zero-order chi connectivity index (χ0) is 22.2. The van der Waals surface area contributed by atoms with Crippen LogP contribution in [0.2, 0.25) is 0 Å². The Morgan fingerprint density at radius 3 is 2.72 bits per heavy atom. The van der Waals surface area contributed by atoms with Crippen molar-refractivity contribution in [3.05, 3.63) is 92.5 Å². The van der Waals surface area contributed by atoms with Gasteiger partial charge in [-0.05, 0) is 53.4 Å². The molecule has 3 aromatic carbocycles. The number of aromatic amines is 1. The number of benzene rings is 3. The number of nitrogens with one attached hydrogen (secondary N) is 2. The molecule has 32 heavy (non-hydrogen) atoms. The Balaban J connectivity index is 1.43. The molecule has 5 rings (SSSR count). The second kappa shape index (κ2) is 8.05. The van der Waals surface area contributed by atoms with Crippen LogP contribution in [0.3, 0.4) is 0 Å². The van der Waals surface area contributed by atoms with E-state index in [0.29, 0.717) is 23.2 Å². The predicted octanol–water partition coefficient (Wildman–Crippen LogP) is 3.14. The lowest BCUT2D eigenvalue weighted by molar-refractivity contribution is 0.684. The minimum Gasteiger partial charge on any atom is -0.321 e. The van der Waals surface area contributed by atoms with Gasteiger partial charge in [0.2, 0.25) is 0 Å². The van der Waals surface area contributed by atoms with Crippen molar-refractivity contribution < 1.29 is 0 Å². The maximum absolute atomic E-state index is 12.6. The molecule has 0 atom stereocenters. The van der Waals surface area contributed by atoms with E-state index >= 15 is 0 Å². The molecule has 2 N–H and O–H groups in total. The SMILES string of the molecule is C=c1nc2c(c(=O)[nH]1)=Nc1cc(C)c(C)cc1N2CCNCc1cccc2ccccc12. The zero-order valence-corrected chi connectivity index (χ0v) is 18.3. The fourth-order valence-corrected chi connectivity index (χ4v) is 4.20. The molecular formula is C26H25N5O. The van der Waals surface area contributed by atoms with Crippen LogP contribution in [0.15, 0.2) is 64.4 Å². The van der Waals surface area contributed by atoms with Gasteiger partial charge in [0.05, 0.1) is 11.4 Å². The van der Waals surface area contributed by atoms with E-state index in [1.165, 1.54) is 21.9 Å². The summed E-state index contributed by atoms with van der Waals surface area (Å²) in [5.41, 5.74) is 5.41. The molecule has 160 valence electrons. The number of H-pyrrole nitrogens is 1. The van der Waals surface area contributed by atoms with Gasteiger partial charge in [-0.1, -0.05) is 49.0 Å². The van der Waals surface area contributed by atoms with E-state index < -0.39 is 0 Å². The topological polar surface area (TPSA) is 73.4 Å². The lowest BCUT2D eigenvalue weighted by Crippen LogP contribution is -2.43. The van der Waals surface area contributed by atoms with Crippen molar-refractivity contribution >= 4 is 34.5 Å². The lowest BCUT2D eigenvalue weighted by Gasteiger charge is -2.28. The van der Waals surface area contributed by atoms with Gasteiger partial charge < -0.3 is 15.2 Å². The summed E-state index contributed by atoms with van der Waals surface area (Å²) in [4.78, 5) is 26.4. The lowest BCUT2D eigenvalue weighted by atomic mass is 10.0. The molecule has 2 heterocycles. The fourth-order valence-electron chi connectivity index (χ4n) is 4.20. The van der Waals surface area contributed by atoms with Crippen LogP contribution in [0.1, 0.15) is 16.7 Å². The second-order valence-corrected chi connectivity index (χ2v) is 8.19. The number of fused-ring (bicyclic) bond motifs is 3. The van der Waals surface area contributed by atoms with E-state index in [-0.39, 0.29) is 5.56 Å². The molecule has 1 aliphatic heterocycles. The third-order valence-corrected chi connectivity index (χ3v) is 6.00. The van der Waals surface area contributed by atoms with Crippen molar-refractivity contribution in [3.63, 3.8) is 0 Å². The van der Waals surface area contributed by atoms with Crippen LogP contribution in [0.4, 0.5) is 17.2 Å². The van der Waals surface area contributed by atoms with Gasteiger partial charge in [-0.25, -0.2) is 9.98 Å². The van der Waals surface area contributed by atoms with E-state index in [1.807, 2.05) is 6.07 Å². The Bertz CT molecular complexity index is 1500. The molecule has 0 fully saturated rings. The Kier molecular flexibility index (Phi) is 5.07. The first-order chi connectivity index (χ1) is 15.5. The van der Waals surface area contributed by atoms with Gasteiger partial charge in [-0.2, -0.15) is 0 Å². The highest BCUT2D eigenvalue weighted by atomic mass is 16.1. The minimum absolute atomic E-state index is 0.266. The maximum Gasteiger partial charge on any atom is 0.279 e. The van der Waals surface area contributed by atoms with Crippen molar-refractivity contribution in [3.8, 4) is 0 Å². The monoisotopic (exact) mass is 423 g/mol. The number of hydrogen-bond donors (Lipinski definition) is 2. The average Bonchev–Trinajstić information content (AvgIpc) is 2.78. The van der Waals surface area contributed by atoms with Crippen LogP contribution in [-0.4, -0.2) is 23.1 Å². The van der Waals surface area contributed by atoms with Gasteiger partial charge in [0, 0.05) is 19.6 Å². The van der Waals surface area contributed by atoms with Gasteiger partial charge in [0.1, 0.15) is 5.48 Å². The Morgan fingerprint density at radius 2 is 1.84 bits per heavy atom. The Labute approximate surface area is 186 Å². The molecule has 4 aromatic rings.